The van der Waals surface area contributed by atoms with Gasteiger partial charge in [-0.05, 0) is 30.0 Å². The molecule has 112 valence electrons. The van der Waals surface area contributed by atoms with Gasteiger partial charge in [0.2, 0.25) is 11.5 Å². The molecule has 0 aliphatic heterocycles. The predicted molar refractivity (Wildman–Crippen MR) is 89.1 cm³/mol. The summed E-state index contributed by atoms with van der Waals surface area (Å²) in [5.74, 6) is -0.222. The molecule has 0 saturated carbocycles. The molecule has 0 spiro atoms. The average molecular weight is 312 g/mol. The molecule has 0 aliphatic rings. The topological polar surface area (TPSA) is 62.0 Å². The molecular weight excluding hydrogens is 296 g/mol. The van der Waals surface area contributed by atoms with Crippen LogP contribution in [0.5, 0.6) is 0 Å². The minimum atomic E-state index is -0.187. The van der Waals surface area contributed by atoms with Crippen LogP contribution in [0.4, 0.5) is 0 Å². The average Bonchev–Trinajstić information content (AvgIpc) is 3.05. The summed E-state index contributed by atoms with van der Waals surface area (Å²) in [6.07, 6.45) is 0. The van der Waals surface area contributed by atoms with Gasteiger partial charge in [-0.1, -0.05) is 24.3 Å². The van der Waals surface area contributed by atoms with E-state index in [4.69, 9.17) is 0 Å². The maximum Gasteiger partial charge on any atom is 0.248 e. The highest BCUT2D eigenvalue weighted by atomic mass is 32.1. The first kappa shape index (κ1) is 14.5. The molecule has 3 rings (SSSR count). The van der Waals surface area contributed by atoms with Crippen LogP contribution < -0.4 is 10.9 Å². The van der Waals surface area contributed by atoms with Gasteiger partial charge in [0.15, 0.2) is 0 Å². The van der Waals surface area contributed by atoms with Crippen LogP contribution in [0.15, 0.2) is 52.6 Å². The maximum atomic E-state index is 12.2. The third-order valence-corrected chi connectivity index (χ3v) is 4.71. The summed E-state index contributed by atoms with van der Waals surface area (Å²) in [5, 5.41) is 5.83. The molecule has 1 amide bonds. The molecule has 0 saturated heterocycles. The zero-order chi connectivity index (χ0) is 15.5. The Morgan fingerprint density at radius 1 is 1.27 bits per heavy atom. The quantitative estimate of drug-likeness (QED) is 0.778. The fourth-order valence-electron chi connectivity index (χ4n) is 2.43. The fourth-order valence-corrected chi connectivity index (χ4v) is 3.21. The van der Waals surface area contributed by atoms with Crippen molar-refractivity contribution in [3.63, 3.8) is 0 Å². The van der Waals surface area contributed by atoms with E-state index in [1.54, 1.807) is 17.4 Å². The van der Waals surface area contributed by atoms with Crippen LogP contribution >= 0.6 is 11.3 Å². The van der Waals surface area contributed by atoms with Gasteiger partial charge in [0.25, 0.3) is 0 Å². The summed E-state index contributed by atoms with van der Waals surface area (Å²) in [7, 11) is 0. The zero-order valence-electron chi connectivity index (χ0n) is 12.1. The van der Waals surface area contributed by atoms with E-state index in [1.807, 2.05) is 48.7 Å². The first-order valence-corrected chi connectivity index (χ1v) is 7.95. The highest BCUT2D eigenvalue weighted by Crippen LogP contribution is 2.21. The zero-order valence-corrected chi connectivity index (χ0v) is 12.9. The molecule has 1 atom stereocenters. The van der Waals surface area contributed by atoms with Gasteiger partial charge in [-0.15, -0.1) is 11.3 Å². The number of para-hydroxylation sites is 1. The number of carbonyl (C=O) groups excluding carboxylic acids is 1. The lowest BCUT2D eigenvalue weighted by atomic mass is 10.1. The number of nitrogens with one attached hydrogen (secondary N) is 2. The van der Waals surface area contributed by atoms with Crippen molar-refractivity contribution in [1.82, 2.24) is 10.3 Å². The lowest BCUT2D eigenvalue weighted by Crippen LogP contribution is -2.27. The van der Waals surface area contributed by atoms with Crippen molar-refractivity contribution >= 4 is 28.1 Å². The van der Waals surface area contributed by atoms with Crippen LogP contribution in [0.2, 0.25) is 0 Å². The summed E-state index contributed by atoms with van der Waals surface area (Å²) in [6.45, 7) is 2.23. The second kappa shape index (κ2) is 6.15. The Balaban J connectivity index is 1.79. The van der Waals surface area contributed by atoms with Crippen molar-refractivity contribution in [2.75, 3.05) is 0 Å². The minimum absolute atomic E-state index is 0.0354. The number of thiophene rings is 1. The van der Waals surface area contributed by atoms with Crippen molar-refractivity contribution in [2.45, 2.75) is 19.4 Å². The second-order valence-corrected chi connectivity index (χ2v) is 6.14. The van der Waals surface area contributed by atoms with Crippen LogP contribution in [0.3, 0.4) is 0 Å². The van der Waals surface area contributed by atoms with Crippen LogP contribution in [0.25, 0.3) is 10.9 Å². The number of H-pyrrole nitrogens is 1. The Morgan fingerprint density at radius 3 is 2.86 bits per heavy atom. The number of amides is 1. The molecular formula is C17H16N2O2S. The SMILES string of the molecule is C[C@@H](C(=O)NCc1cc(=O)[nH]c2ccccc12)c1cccs1. The molecule has 22 heavy (non-hydrogen) atoms. The predicted octanol–water partition coefficient (Wildman–Crippen LogP) is 3.01. The normalized spacial score (nSPS) is 12.2. The number of carbonyl (C=O) groups is 1. The number of aromatic amines is 1. The van der Waals surface area contributed by atoms with E-state index in [1.165, 1.54) is 0 Å². The number of hydrogen-bond acceptors (Lipinski definition) is 3. The number of benzene rings is 1. The van der Waals surface area contributed by atoms with Crippen molar-refractivity contribution in [3.8, 4) is 0 Å². The molecule has 3 aromatic rings. The summed E-state index contributed by atoms with van der Waals surface area (Å²) in [5.41, 5.74) is 1.45. The van der Waals surface area contributed by atoms with Gasteiger partial charge in [0, 0.05) is 28.4 Å². The molecule has 0 unspecified atom stereocenters. The van der Waals surface area contributed by atoms with Gasteiger partial charge < -0.3 is 10.3 Å². The summed E-state index contributed by atoms with van der Waals surface area (Å²) in [4.78, 5) is 27.8. The molecule has 1 aromatic carbocycles. The first-order chi connectivity index (χ1) is 10.6. The number of aromatic nitrogens is 1. The van der Waals surface area contributed by atoms with Crippen molar-refractivity contribution in [2.24, 2.45) is 0 Å². The molecule has 2 aromatic heterocycles. The van der Waals surface area contributed by atoms with Crippen molar-refractivity contribution in [3.05, 3.63) is 68.6 Å². The van der Waals surface area contributed by atoms with E-state index < -0.39 is 0 Å². The number of rotatable bonds is 4. The lowest BCUT2D eigenvalue weighted by molar-refractivity contribution is -0.122. The van der Waals surface area contributed by atoms with Gasteiger partial charge in [-0.25, -0.2) is 0 Å². The second-order valence-electron chi connectivity index (χ2n) is 5.16. The van der Waals surface area contributed by atoms with Gasteiger partial charge in [0.05, 0.1) is 5.92 Å². The Bertz CT molecular complexity index is 852. The van der Waals surface area contributed by atoms with Crippen molar-refractivity contribution < 1.29 is 4.79 Å². The highest BCUT2D eigenvalue weighted by Gasteiger charge is 2.16. The number of hydrogen-bond donors (Lipinski definition) is 2. The first-order valence-electron chi connectivity index (χ1n) is 7.07. The minimum Gasteiger partial charge on any atom is -0.351 e. The molecule has 2 N–H and O–H groups in total. The van der Waals surface area contributed by atoms with Gasteiger partial charge in [-0.3, -0.25) is 9.59 Å². The van der Waals surface area contributed by atoms with E-state index in [-0.39, 0.29) is 17.4 Å². The number of fused-ring (bicyclic) bond motifs is 1. The van der Waals surface area contributed by atoms with Crippen LogP contribution in [-0.2, 0) is 11.3 Å². The van der Waals surface area contributed by atoms with Gasteiger partial charge >= 0.3 is 0 Å². The van der Waals surface area contributed by atoms with Crippen LogP contribution in [0, 0.1) is 0 Å². The lowest BCUT2D eigenvalue weighted by Gasteiger charge is -2.12. The van der Waals surface area contributed by atoms with Crippen molar-refractivity contribution in [1.29, 1.82) is 0 Å². The Kier molecular flexibility index (Phi) is 4.06. The summed E-state index contributed by atoms with van der Waals surface area (Å²) >= 11 is 1.57. The third kappa shape index (κ3) is 2.94. The Labute approximate surface area is 131 Å². The van der Waals surface area contributed by atoms with Gasteiger partial charge in [-0.2, -0.15) is 0 Å². The Morgan fingerprint density at radius 2 is 2.09 bits per heavy atom. The van der Waals surface area contributed by atoms with E-state index in [9.17, 15) is 9.59 Å². The van der Waals surface area contributed by atoms with E-state index >= 15 is 0 Å². The van der Waals surface area contributed by atoms with E-state index in [0.717, 1.165) is 21.3 Å². The molecule has 0 radical (unpaired) electrons. The van der Waals surface area contributed by atoms with E-state index in [2.05, 4.69) is 10.3 Å². The summed E-state index contributed by atoms with van der Waals surface area (Å²) in [6, 6.07) is 13.0. The van der Waals surface area contributed by atoms with E-state index in [0.29, 0.717) is 6.54 Å². The maximum absolute atomic E-state index is 12.2. The Hall–Kier alpha value is -2.40. The molecule has 0 bridgehead atoms. The standard InChI is InChI=1S/C17H16N2O2S/c1-11(15-7-4-8-22-15)17(21)18-10-12-9-16(20)19-14-6-3-2-5-13(12)14/h2-9,11H,10H2,1H3,(H,18,21)(H,19,20)/t11-/m1/s1. The van der Waals surface area contributed by atoms with Crippen LogP contribution in [-0.4, -0.2) is 10.9 Å². The van der Waals surface area contributed by atoms with Gasteiger partial charge in [0.1, 0.15) is 0 Å². The fraction of sp³-hybridized carbons (Fsp3) is 0.176. The van der Waals surface area contributed by atoms with Crippen LogP contribution in [0.1, 0.15) is 23.3 Å². The molecule has 0 aliphatic carbocycles. The molecule has 4 nitrogen and oxygen atoms in total. The monoisotopic (exact) mass is 312 g/mol. The molecule has 5 heteroatoms. The highest BCUT2D eigenvalue weighted by molar-refractivity contribution is 7.10. The third-order valence-electron chi connectivity index (χ3n) is 3.65. The largest absolute Gasteiger partial charge is 0.351 e. The number of pyridine rings is 1. The summed E-state index contributed by atoms with van der Waals surface area (Å²) < 4.78 is 0. The smallest absolute Gasteiger partial charge is 0.248 e. The molecule has 2 heterocycles. The molecule has 0 fully saturated rings.